The van der Waals surface area contributed by atoms with E-state index in [-0.39, 0.29) is 11.6 Å². The molecule has 6 nitrogen and oxygen atoms in total. The number of aromatic nitrogens is 4. The first-order valence-corrected chi connectivity index (χ1v) is 11.6. The summed E-state index contributed by atoms with van der Waals surface area (Å²) in [6.07, 6.45) is 2.63. The van der Waals surface area contributed by atoms with Gasteiger partial charge in [-0.2, -0.15) is 4.98 Å². The number of halogens is 1. The van der Waals surface area contributed by atoms with Crippen LogP contribution in [0.15, 0.2) is 65.6 Å². The van der Waals surface area contributed by atoms with Gasteiger partial charge >= 0.3 is 0 Å². The van der Waals surface area contributed by atoms with Crippen LogP contribution < -0.4 is 10.9 Å². The van der Waals surface area contributed by atoms with Crippen molar-refractivity contribution in [3.8, 4) is 0 Å². The number of nitrogens with one attached hydrogen (secondary N) is 2. The number of aromatic amines is 1. The number of rotatable bonds is 5. The summed E-state index contributed by atoms with van der Waals surface area (Å²) in [4.78, 5) is 25.4. The van der Waals surface area contributed by atoms with E-state index in [1.807, 2.05) is 22.8 Å². The number of para-hydroxylation sites is 1. The highest BCUT2D eigenvalue weighted by Gasteiger charge is 2.19. The monoisotopic (exact) mass is 523 g/mol. The molecule has 0 saturated heterocycles. The predicted molar refractivity (Wildman–Crippen MR) is 136 cm³/mol. The Morgan fingerprint density at radius 3 is 2.71 bits per heavy atom. The van der Waals surface area contributed by atoms with Crippen LogP contribution in [0.1, 0.15) is 26.3 Å². The van der Waals surface area contributed by atoms with Crippen molar-refractivity contribution < 1.29 is 0 Å². The number of fused-ring (bicyclic) bond motifs is 4. The van der Waals surface area contributed by atoms with E-state index in [1.165, 1.54) is 5.39 Å². The molecule has 0 amide bonds. The Labute approximate surface area is 192 Å². The van der Waals surface area contributed by atoms with Crippen LogP contribution in [0.2, 0.25) is 0 Å². The zero-order chi connectivity index (χ0) is 21.5. The molecule has 2 unspecified atom stereocenters. The van der Waals surface area contributed by atoms with Gasteiger partial charge in [0.25, 0.3) is 5.56 Å². The Hall–Kier alpha value is -2.94. The van der Waals surface area contributed by atoms with Crippen LogP contribution in [0, 0.1) is 0 Å². The maximum absolute atomic E-state index is 12.7. The minimum Gasteiger partial charge on any atom is -0.355 e. The van der Waals surface area contributed by atoms with Crippen LogP contribution >= 0.6 is 22.6 Å². The number of nitrogens with zero attached hydrogens (tertiary/aromatic N) is 3. The summed E-state index contributed by atoms with van der Waals surface area (Å²) in [6, 6.07) is 17.9. The average Bonchev–Trinajstić information content (AvgIpc) is 3.14. The van der Waals surface area contributed by atoms with E-state index < -0.39 is 0 Å². The van der Waals surface area contributed by atoms with Crippen molar-refractivity contribution in [2.24, 2.45) is 0 Å². The van der Waals surface area contributed by atoms with E-state index in [4.69, 9.17) is 4.98 Å². The minimum atomic E-state index is -0.0345. The number of H-pyrrole nitrogens is 1. The molecule has 5 rings (SSSR count). The average molecular weight is 523 g/mol. The van der Waals surface area contributed by atoms with Gasteiger partial charge < -0.3 is 10.3 Å². The second-order valence-corrected chi connectivity index (χ2v) is 9.69. The van der Waals surface area contributed by atoms with Crippen molar-refractivity contribution >= 4 is 67.1 Å². The molecule has 0 aliphatic rings. The summed E-state index contributed by atoms with van der Waals surface area (Å²) in [5, 5.41) is 6.50. The molecule has 0 spiro atoms. The molecule has 0 saturated carbocycles. The summed E-state index contributed by atoms with van der Waals surface area (Å²) in [5.74, 6) is 0.474. The van der Waals surface area contributed by atoms with Crippen molar-refractivity contribution in [2.45, 2.75) is 30.2 Å². The topological polar surface area (TPSA) is 75.6 Å². The molecule has 7 heteroatoms. The Kier molecular flexibility index (Phi) is 5.13. The molecular weight excluding hydrogens is 501 g/mol. The van der Waals surface area contributed by atoms with Crippen LogP contribution in [0.4, 0.5) is 11.6 Å². The molecule has 2 aromatic carbocycles. The summed E-state index contributed by atoms with van der Waals surface area (Å²) in [6.45, 7) is 4.22. The molecule has 0 radical (unpaired) electrons. The van der Waals surface area contributed by atoms with Gasteiger partial charge in [0.1, 0.15) is 5.65 Å². The van der Waals surface area contributed by atoms with E-state index in [0.29, 0.717) is 15.5 Å². The molecule has 0 fully saturated rings. The molecule has 3 aromatic heterocycles. The smallest absolute Gasteiger partial charge is 0.252 e. The van der Waals surface area contributed by atoms with Crippen LogP contribution in [0.25, 0.3) is 32.8 Å². The fourth-order valence-electron chi connectivity index (χ4n) is 4.19. The standard InChI is InChI=1S/C24H22IN5O/c1-3-21(14(2)25)30-22(31)11-8-15-13-26-24(29-23(15)30)27-16-9-10-20-18(12-16)17-6-4-5-7-19(17)28-20/h4-14,21,28H,3H2,1-2H3,(H,26,27,29). The van der Waals surface area contributed by atoms with Gasteiger partial charge in [-0.05, 0) is 36.8 Å². The van der Waals surface area contributed by atoms with Gasteiger partial charge in [0.05, 0.1) is 0 Å². The maximum Gasteiger partial charge on any atom is 0.252 e. The minimum absolute atomic E-state index is 0.0345. The summed E-state index contributed by atoms with van der Waals surface area (Å²) in [7, 11) is 0. The Bertz CT molecular complexity index is 1470. The number of pyridine rings is 1. The molecule has 31 heavy (non-hydrogen) atoms. The van der Waals surface area contributed by atoms with Crippen molar-refractivity contribution in [1.29, 1.82) is 0 Å². The lowest BCUT2D eigenvalue weighted by atomic mass is 10.1. The number of alkyl halides is 1. The second kappa shape index (κ2) is 7.96. The molecule has 5 aromatic rings. The lowest BCUT2D eigenvalue weighted by molar-refractivity contribution is 0.490. The second-order valence-electron chi connectivity index (χ2n) is 7.72. The fraction of sp³-hybridized carbons (Fsp3) is 0.208. The Morgan fingerprint density at radius 2 is 1.90 bits per heavy atom. The third-order valence-corrected chi connectivity index (χ3v) is 6.54. The SMILES string of the molecule is CCC(C(C)I)n1c(=O)ccc2cnc(Nc3ccc4[nH]c5ccccc5c4c3)nc21. The van der Waals surface area contributed by atoms with E-state index >= 15 is 0 Å². The molecule has 156 valence electrons. The van der Waals surface area contributed by atoms with Crippen LogP contribution in [-0.4, -0.2) is 23.4 Å². The lowest BCUT2D eigenvalue weighted by Crippen LogP contribution is -2.29. The number of benzene rings is 2. The quantitative estimate of drug-likeness (QED) is 0.221. The Balaban J connectivity index is 1.59. The van der Waals surface area contributed by atoms with Gasteiger partial charge in [-0.1, -0.05) is 54.6 Å². The molecule has 2 atom stereocenters. The first-order valence-electron chi connectivity index (χ1n) is 10.3. The third kappa shape index (κ3) is 3.56. The summed E-state index contributed by atoms with van der Waals surface area (Å²) in [5.41, 5.74) is 3.72. The maximum atomic E-state index is 12.7. The fourth-order valence-corrected chi connectivity index (χ4v) is 5.02. The zero-order valence-corrected chi connectivity index (χ0v) is 19.4. The molecular formula is C24H22IN5O. The van der Waals surface area contributed by atoms with Crippen LogP contribution in [0.5, 0.6) is 0 Å². The lowest BCUT2D eigenvalue weighted by Gasteiger charge is -2.22. The van der Waals surface area contributed by atoms with Gasteiger partial charge in [0, 0.05) is 55.1 Å². The van der Waals surface area contributed by atoms with Crippen molar-refractivity contribution in [3.63, 3.8) is 0 Å². The predicted octanol–water partition coefficient (Wildman–Crippen LogP) is 5.94. The van der Waals surface area contributed by atoms with Gasteiger partial charge in [0.2, 0.25) is 5.95 Å². The largest absolute Gasteiger partial charge is 0.355 e. The van der Waals surface area contributed by atoms with Gasteiger partial charge in [-0.3, -0.25) is 9.36 Å². The normalized spacial score (nSPS) is 13.6. The first-order chi connectivity index (χ1) is 15.0. The van der Waals surface area contributed by atoms with Crippen molar-refractivity contribution in [3.05, 3.63) is 71.1 Å². The third-order valence-electron chi connectivity index (χ3n) is 5.71. The van der Waals surface area contributed by atoms with Crippen molar-refractivity contribution in [2.75, 3.05) is 5.32 Å². The van der Waals surface area contributed by atoms with Crippen LogP contribution in [0.3, 0.4) is 0 Å². The van der Waals surface area contributed by atoms with Gasteiger partial charge in [0.15, 0.2) is 0 Å². The van der Waals surface area contributed by atoms with Crippen molar-refractivity contribution in [1.82, 2.24) is 19.5 Å². The number of hydrogen-bond donors (Lipinski definition) is 2. The van der Waals surface area contributed by atoms with E-state index in [9.17, 15) is 4.79 Å². The summed E-state index contributed by atoms with van der Waals surface area (Å²) >= 11 is 2.38. The van der Waals surface area contributed by atoms with E-state index in [0.717, 1.165) is 33.9 Å². The van der Waals surface area contributed by atoms with E-state index in [2.05, 4.69) is 76.0 Å². The number of anilines is 2. The van der Waals surface area contributed by atoms with Gasteiger partial charge in [-0.15, -0.1) is 0 Å². The number of hydrogen-bond acceptors (Lipinski definition) is 4. The Morgan fingerprint density at radius 1 is 1.10 bits per heavy atom. The molecule has 2 N–H and O–H groups in total. The molecule has 0 aliphatic carbocycles. The zero-order valence-electron chi connectivity index (χ0n) is 17.3. The first kappa shape index (κ1) is 20.0. The summed E-state index contributed by atoms with van der Waals surface area (Å²) < 4.78 is 2.10. The highest BCUT2D eigenvalue weighted by Crippen LogP contribution is 2.29. The van der Waals surface area contributed by atoms with E-state index in [1.54, 1.807) is 18.3 Å². The van der Waals surface area contributed by atoms with Crippen LogP contribution in [-0.2, 0) is 0 Å². The molecule has 0 bridgehead atoms. The highest BCUT2D eigenvalue weighted by molar-refractivity contribution is 14.1. The molecule has 0 aliphatic heterocycles. The highest BCUT2D eigenvalue weighted by atomic mass is 127. The van der Waals surface area contributed by atoms with Gasteiger partial charge in [-0.25, -0.2) is 4.98 Å². The molecule has 3 heterocycles.